The molecule has 104 valence electrons. The molecule has 0 aliphatic carbocycles. The fraction of sp³-hybridized carbons (Fsp3) is 0.250. The summed E-state index contributed by atoms with van der Waals surface area (Å²) in [7, 11) is 1.62. The number of hydrogen-bond donors (Lipinski definition) is 1. The van der Waals surface area contributed by atoms with Gasteiger partial charge in [-0.3, -0.25) is 4.79 Å². The van der Waals surface area contributed by atoms with E-state index in [1.165, 1.54) is 0 Å². The minimum absolute atomic E-state index is 0.0960. The average molecular weight is 270 g/mol. The molecule has 1 N–H and O–H groups in total. The molecular weight excluding hydrogens is 252 g/mol. The van der Waals surface area contributed by atoms with E-state index in [2.05, 4.69) is 10.3 Å². The van der Waals surface area contributed by atoms with Gasteiger partial charge in [0.1, 0.15) is 11.6 Å². The number of pyridine rings is 1. The molecule has 0 saturated heterocycles. The number of carbonyl (C=O) groups is 1. The lowest BCUT2D eigenvalue weighted by molar-refractivity contribution is -0.120. The molecule has 20 heavy (non-hydrogen) atoms. The number of aromatic nitrogens is 1. The van der Waals surface area contributed by atoms with Crippen LogP contribution in [-0.2, 0) is 10.2 Å². The SMILES string of the molecule is COc1ccc(C(C)(C)C(=O)Nc2ccccn2)cc1. The zero-order chi connectivity index (χ0) is 14.6. The normalized spacial score (nSPS) is 10.9. The van der Waals surface area contributed by atoms with Crippen molar-refractivity contribution in [3.63, 3.8) is 0 Å². The maximum atomic E-state index is 12.4. The Hall–Kier alpha value is -2.36. The van der Waals surface area contributed by atoms with Crippen molar-refractivity contribution in [3.8, 4) is 5.75 Å². The van der Waals surface area contributed by atoms with E-state index in [0.717, 1.165) is 11.3 Å². The molecule has 0 unspecified atom stereocenters. The molecular formula is C16H18N2O2. The number of benzene rings is 1. The fourth-order valence-electron chi connectivity index (χ4n) is 1.85. The maximum absolute atomic E-state index is 12.4. The van der Waals surface area contributed by atoms with Gasteiger partial charge in [0, 0.05) is 6.20 Å². The predicted molar refractivity (Wildman–Crippen MR) is 78.9 cm³/mol. The second-order valence-electron chi connectivity index (χ2n) is 5.02. The summed E-state index contributed by atoms with van der Waals surface area (Å²) >= 11 is 0. The maximum Gasteiger partial charge on any atom is 0.235 e. The van der Waals surface area contributed by atoms with Gasteiger partial charge in [0.25, 0.3) is 0 Å². The van der Waals surface area contributed by atoms with E-state index >= 15 is 0 Å². The summed E-state index contributed by atoms with van der Waals surface area (Å²) in [6.45, 7) is 3.76. The smallest absolute Gasteiger partial charge is 0.235 e. The quantitative estimate of drug-likeness (QED) is 0.929. The van der Waals surface area contributed by atoms with Crippen molar-refractivity contribution in [2.75, 3.05) is 12.4 Å². The molecule has 1 amide bonds. The highest BCUT2D eigenvalue weighted by Gasteiger charge is 2.30. The molecule has 0 radical (unpaired) electrons. The fourth-order valence-corrected chi connectivity index (χ4v) is 1.85. The topological polar surface area (TPSA) is 51.2 Å². The summed E-state index contributed by atoms with van der Waals surface area (Å²) in [5, 5.41) is 2.83. The van der Waals surface area contributed by atoms with Gasteiger partial charge in [0.2, 0.25) is 5.91 Å². The molecule has 4 heteroatoms. The Kier molecular flexibility index (Phi) is 4.03. The van der Waals surface area contributed by atoms with Crippen molar-refractivity contribution in [2.45, 2.75) is 19.3 Å². The summed E-state index contributed by atoms with van der Waals surface area (Å²) in [5.74, 6) is 1.23. The number of rotatable bonds is 4. The van der Waals surface area contributed by atoms with Crippen molar-refractivity contribution in [3.05, 3.63) is 54.2 Å². The molecule has 0 bridgehead atoms. The lowest BCUT2D eigenvalue weighted by Crippen LogP contribution is -2.34. The molecule has 2 aromatic rings. The molecule has 0 saturated carbocycles. The number of nitrogens with zero attached hydrogens (tertiary/aromatic N) is 1. The molecule has 0 aliphatic rings. The third-order valence-corrected chi connectivity index (χ3v) is 3.29. The van der Waals surface area contributed by atoms with Crippen molar-refractivity contribution >= 4 is 11.7 Å². The molecule has 1 aromatic carbocycles. The third-order valence-electron chi connectivity index (χ3n) is 3.29. The van der Waals surface area contributed by atoms with E-state index < -0.39 is 5.41 Å². The first-order valence-corrected chi connectivity index (χ1v) is 6.41. The van der Waals surface area contributed by atoms with Crippen LogP contribution in [0.15, 0.2) is 48.7 Å². The van der Waals surface area contributed by atoms with Gasteiger partial charge in [-0.25, -0.2) is 4.98 Å². The van der Waals surface area contributed by atoms with E-state index in [-0.39, 0.29) is 5.91 Å². The molecule has 0 fully saturated rings. The molecule has 1 heterocycles. The van der Waals surface area contributed by atoms with Crippen LogP contribution >= 0.6 is 0 Å². The van der Waals surface area contributed by atoms with Crippen LogP contribution < -0.4 is 10.1 Å². The Morgan fingerprint density at radius 2 is 1.85 bits per heavy atom. The van der Waals surface area contributed by atoms with Crippen LogP contribution in [0.25, 0.3) is 0 Å². The van der Waals surface area contributed by atoms with E-state index in [9.17, 15) is 4.79 Å². The van der Waals surface area contributed by atoms with Crippen LogP contribution in [0, 0.1) is 0 Å². The van der Waals surface area contributed by atoms with Gasteiger partial charge in [-0.15, -0.1) is 0 Å². The minimum atomic E-state index is -0.649. The zero-order valence-corrected chi connectivity index (χ0v) is 11.9. The summed E-state index contributed by atoms with van der Waals surface area (Å²) in [4.78, 5) is 16.5. The third kappa shape index (κ3) is 2.96. The molecule has 0 atom stereocenters. The average Bonchev–Trinajstić information content (AvgIpc) is 2.48. The molecule has 2 rings (SSSR count). The van der Waals surface area contributed by atoms with Gasteiger partial charge >= 0.3 is 0 Å². The Balaban J connectivity index is 2.18. The number of hydrogen-bond acceptors (Lipinski definition) is 3. The van der Waals surface area contributed by atoms with E-state index in [1.807, 2.05) is 50.2 Å². The van der Waals surface area contributed by atoms with Crippen LogP contribution in [0.5, 0.6) is 5.75 Å². The number of amides is 1. The van der Waals surface area contributed by atoms with Crippen molar-refractivity contribution in [1.82, 2.24) is 4.98 Å². The van der Waals surface area contributed by atoms with Crippen LogP contribution in [-0.4, -0.2) is 18.0 Å². The number of carbonyl (C=O) groups excluding carboxylic acids is 1. The highest BCUT2D eigenvalue weighted by molar-refractivity contribution is 5.97. The highest BCUT2D eigenvalue weighted by atomic mass is 16.5. The second kappa shape index (κ2) is 5.74. The summed E-state index contributed by atoms with van der Waals surface area (Å²) < 4.78 is 5.13. The van der Waals surface area contributed by atoms with Crippen LogP contribution in [0.3, 0.4) is 0 Å². The van der Waals surface area contributed by atoms with E-state index in [4.69, 9.17) is 4.74 Å². The van der Waals surface area contributed by atoms with Crippen molar-refractivity contribution < 1.29 is 9.53 Å². The Morgan fingerprint density at radius 1 is 1.15 bits per heavy atom. The van der Waals surface area contributed by atoms with Crippen LogP contribution in [0.1, 0.15) is 19.4 Å². The standard InChI is InChI=1S/C16H18N2O2/c1-16(2,12-7-9-13(20-3)10-8-12)15(19)18-14-6-4-5-11-17-14/h4-11H,1-3H3,(H,17,18,19). The summed E-state index contributed by atoms with van der Waals surface area (Å²) in [5.41, 5.74) is 0.274. The van der Waals surface area contributed by atoms with Gasteiger partial charge in [-0.1, -0.05) is 18.2 Å². The molecule has 4 nitrogen and oxygen atoms in total. The van der Waals surface area contributed by atoms with Gasteiger partial charge in [-0.05, 0) is 43.7 Å². The molecule has 1 aromatic heterocycles. The van der Waals surface area contributed by atoms with Gasteiger partial charge in [-0.2, -0.15) is 0 Å². The monoisotopic (exact) mass is 270 g/mol. The zero-order valence-electron chi connectivity index (χ0n) is 11.9. The minimum Gasteiger partial charge on any atom is -0.497 e. The summed E-state index contributed by atoms with van der Waals surface area (Å²) in [6.07, 6.45) is 1.65. The largest absolute Gasteiger partial charge is 0.497 e. The second-order valence-corrected chi connectivity index (χ2v) is 5.02. The van der Waals surface area contributed by atoms with Gasteiger partial charge in [0.05, 0.1) is 12.5 Å². The lowest BCUT2D eigenvalue weighted by atomic mass is 9.83. The van der Waals surface area contributed by atoms with Crippen molar-refractivity contribution in [1.29, 1.82) is 0 Å². The molecule has 0 aliphatic heterocycles. The van der Waals surface area contributed by atoms with Crippen molar-refractivity contribution in [2.24, 2.45) is 0 Å². The Labute approximate surface area is 118 Å². The Bertz CT molecular complexity index is 577. The predicted octanol–water partition coefficient (Wildman–Crippen LogP) is 3.01. The highest BCUT2D eigenvalue weighted by Crippen LogP contribution is 2.26. The van der Waals surface area contributed by atoms with Crippen LogP contribution in [0.2, 0.25) is 0 Å². The number of nitrogens with one attached hydrogen (secondary N) is 1. The van der Waals surface area contributed by atoms with Gasteiger partial charge < -0.3 is 10.1 Å². The number of methoxy groups -OCH3 is 1. The number of ether oxygens (including phenoxy) is 1. The van der Waals surface area contributed by atoms with E-state index in [1.54, 1.807) is 19.4 Å². The first-order chi connectivity index (χ1) is 9.54. The Morgan fingerprint density at radius 3 is 2.40 bits per heavy atom. The first kappa shape index (κ1) is 14.1. The van der Waals surface area contributed by atoms with Gasteiger partial charge in [0.15, 0.2) is 0 Å². The van der Waals surface area contributed by atoms with E-state index in [0.29, 0.717) is 5.82 Å². The molecule has 0 spiro atoms. The number of anilines is 1. The van der Waals surface area contributed by atoms with Crippen LogP contribution in [0.4, 0.5) is 5.82 Å². The lowest BCUT2D eigenvalue weighted by Gasteiger charge is -2.24. The summed E-state index contributed by atoms with van der Waals surface area (Å²) in [6, 6.07) is 12.9. The first-order valence-electron chi connectivity index (χ1n) is 6.41.